The van der Waals surface area contributed by atoms with Crippen LogP contribution in [0.3, 0.4) is 0 Å². The van der Waals surface area contributed by atoms with Gasteiger partial charge in [0.25, 0.3) is 10.0 Å². The maximum absolute atomic E-state index is 12.1. The fourth-order valence-electron chi connectivity index (χ4n) is 2.23. The van der Waals surface area contributed by atoms with Gasteiger partial charge >= 0.3 is 0 Å². The molecular weight excluding hydrogens is 280 g/mol. The molecule has 3 N–H and O–H groups in total. The van der Waals surface area contributed by atoms with E-state index in [1.54, 1.807) is 0 Å². The number of hydrogen-bond acceptors (Lipinski definition) is 5. The molecule has 1 aromatic rings. The zero-order chi connectivity index (χ0) is 13.9. The third-order valence-electron chi connectivity index (χ3n) is 3.20. The van der Waals surface area contributed by atoms with Gasteiger partial charge in [-0.15, -0.1) is 0 Å². The van der Waals surface area contributed by atoms with Gasteiger partial charge in [-0.25, -0.2) is 22.0 Å². The summed E-state index contributed by atoms with van der Waals surface area (Å²) in [5.74, 6) is 0. The molecule has 0 aromatic carbocycles. The molecule has 2 atom stereocenters. The van der Waals surface area contributed by atoms with Crippen LogP contribution >= 0.6 is 0 Å². The number of aromatic nitrogens is 1. The van der Waals surface area contributed by atoms with Crippen LogP contribution in [0.15, 0.2) is 16.0 Å². The number of aliphatic hydroxyl groups is 1. The molecule has 0 saturated heterocycles. The lowest BCUT2D eigenvalue weighted by atomic mass is 10.1. The number of primary sulfonamides is 1. The summed E-state index contributed by atoms with van der Waals surface area (Å²) in [5.41, 5.74) is 0.0807. The fourth-order valence-corrected chi connectivity index (χ4v) is 4.77. The molecule has 0 radical (unpaired) electrons. The minimum atomic E-state index is -4.03. The van der Waals surface area contributed by atoms with Gasteiger partial charge in [0.05, 0.1) is 21.9 Å². The highest BCUT2D eigenvalue weighted by Gasteiger charge is 2.39. The monoisotopic (exact) mass is 294 g/mol. The molecule has 7 nitrogen and oxygen atoms in total. The number of sulfonamides is 1. The number of hydrogen-bond donors (Lipinski definition) is 2. The van der Waals surface area contributed by atoms with Gasteiger partial charge in [0.15, 0.2) is 14.9 Å². The highest BCUT2D eigenvalue weighted by Crippen LogP contribution is 2.38. The van der Waals surface area contributed by atoms with Crippen molar-refractivity contribution in [3.8, 4) is 0 Å². The number of aliphatic hydroxyl groups excluding tert-OH is 1. The van der Waals surface area contributed by atoms with Crippen LogP contribution in [0.5, 0.6) is 0 Å². The fraction of sp³-hybridized carbons (Fsp3) is 0.556. The molecule has 0 fully saturated rings. The number of sulfone groups is 1. The largest absolute Gasteiger partial charge is 0.387 e. The summed E-state index contributed by atoms with van der Waals surface area (Å²) in [4.78, 5) is -0.153. The lowest BCUT2D eigenvalue weighted by Gasteiger charge is -2.24. The van der Waals surface area contributed by atoms with E-state index in [1.165, 1.54) is 14.0 Å². The quantitative estimate of drug-likeness (QED) is 0.707. The number of nitrogens with zero attached hydrogens (tertiary/aromatic N) is 1. The number of nitrogens with two attached hydrogens (primary N) is 1. The predicted octanol–water partition coefficient (Wildman–Crippen LogP) is -0.728. The zero-order valence-electron chi connectivity index (χ0n) is 9.86. The Morgan fingerprint density at radius 2 is 2.06 bits per heavy atom. The van der Waals surface area contributed by atoms with Gasteiger partial charge in [0.2, 0.25) is 0 Å². The van der Waals surface area contributed by atoms with Gasteiger partial charge in [0, 0.05) is 7.05 Å². The lowest BCUT2D eigenvalue weighted by molar-refractivity contribution is 0.151. The Balaban J connectivity index is 2.84. The Hall–Kier alpha value is -0.900. The van der Waals surface area contributed by atoms with Crippen molar-refractivity contribution >= 4 is 19.9 Å². The first-order chi connectivity index (χ1) is 8.06. The van der Waals surface area contributed by atoms with Crippen LogP contribution in [0.4, 0.5) is 0 Å². The summed E-state index contributed by atoms with van der Waals surface area (Å²) in [6.45, 7) is 1.48. The first kappa shape index (κ1) is 13.5. The number of rotatable bonds is 1. The van der Waals surface area contributed by atoms with E-state index in [0.717, 1.165) is 10.6 Å². The predicted molar refractivity (Wildman–Crippen MR) is 63.0 cm³/mol. The van der Waals surface area contributed by atoms with Gasteiger partial charge in [-0.3, -0.25) is 0 Å². The molecule has 2 heterocycles. The third kappa shape index (κ3) is 1.78. The molecule has 102 valence electrons. The van der Waals surface area contributed by atoms with Crippen molar-refractivity contribution in [2.45, 2.75) is 34.6 Å². The van der Waals surface area contributed by atoms with Crippen molar-refractivity contribution in [1.29, 1.82) is 0 Å². The average Bonchev–Trinajstić information content (AvgIpc) is 2.54. The van der Waals surface area contributed by atoms with Crippen molar-refractivity contribution in [1.82, 2.24) is 4.57 Å². The molecular formula is C9H14N2O5S2. The molecule has 2 unspecified atom stereocenters. The summed E-state index contributed by atoms with van der Waals surface area (Å²) in [5, 5.41) is 13.8. The van der Waals surface area contributed by atoms with Gasteiger partial charge in [0.1, 0.15) is 0 Å². The van der Waals surface area contributed by atoms with Gasteiger partial charge in [-0.2, -0.15) is 0 Å². The Morgan fingerprint density at radius 3 is 2.56 bits per heavy atom. The molecule has 2 rings (SSSR count). The van der Waals surface area contributed by atoms with E-state index in [0.29, 0.717) is 0 Å². The Kier molecular flexibility index (Phi) is 2.85. The minimum Gasteiger partial charge on any atom is -0.387 e. The first-order valence-corrected chi connectivity index (χ1v) is 8.30. The van der Waals surface area contributed by atoms with Crippen molar-refractivity contribution in [3.63, 3.8) is 0 Å². The molecule has 0 spiro atoms. The zero-order valence-corrected chi connectivity index (χ0v) is 11.5. The van der Waals surface area contributed by atoms with Crippen LogP contribution in [-0.2, 0) is 26.9 Å². The molecule has 0 saturated carbocycles. The summed E-state index contributed by atoms with van der Waals surface area (Å²) >= 11 is 0. The highest BCUT2D eigenvalue weighted by molar-refractivity contribution is 7.92. The van der Waals surface area contributed by atoms with E-state index in [4.69, 9.17) is 5.14 Å². The Labute approximate surface area is 105 Å². The van der Waals surface area contributed by atoms with Gasteiger partial charge < -0.3 is 9.67 Å². The smallest absolute Gasteiger partial charge is 0.253 e. The van der Waals surface area contributed by atoms with E-state index in [-0.39, 0.29) is 22.0 Å². The van der Waals surface area contributed by atoms with Crippen molar-refractivity contribution in [3.05, 3.63) is 11.8 Å². The van der Waals surface area contributed by atoms with Gasteiger partial charge in [-0.1, -0.05) is 0 Å². The van der Waals surface area contributed by atoms with Crippen molar-refractivity contribution < 1.29 is 21.9 Å². The van der Waals surface area contributed by atoms with E-state index in [1.807, 2.05) is 0 Å². The number of fused-ring (bicyclic) bond motifs is 1. The molecule has 1 aliphatic heterocycles. The second kappa shape index (κ2) is 3.80. The second-order valence-corrected chi connectivity index (χ2v) is 8.29. The van der Waals surface area contributed by atoms with Crippen LogP contribution in [-0.4, -0.2) is 31.8 Å². The van der Waals surface area contributed by atoms with E-state index >= 15 is 0 Å². The molecule has 9 heteroatoms. The Morgan fingerprint density at radius 1 is 1.50 bits per heavy atom. The van der Waals surface area contributed by atoms with Gasteiger partial charge in [-0.05, 0) is 19.4 Å². The van der Waals surface area contributed by atoms with Crippen LogP contribution in [0.1, 0.15) is 25.1 Å². The van der Waals surface area contributed by atoms with E-state index in [2.05, 4.69) is 0 Å². The maximum atomic E-state index is 12.1. The molecule has 18 heavy (non-hydrogen) atoms. The van der Waals surface area contributed by atoms with Crippen molar-refractivity contribution in [2.24, 2.45) is 12.2 Å². The normalized spacial score (nSPS) is 26.9. The van der Waals surface area contributed by atoms with Crippen LogP contribution in [0.2, 0.25) is 0 Å². The van der Waals surface area contributed by atoms with E-state index in [9.17, 15) is 21.9 Å². The summed E-state index contributed by atoms with van der Waals surface area (Å²) in [6.07, 6.45) is -0.976. The third-order valence-corrected chi connectivity index (χ3v) is 6.36. The van der Waals surface area contributed by atoms with Crippen LogP contribution < -0.4 is 5.14 Å². The Bertz CT molecular complexity index is 702. The highest BCUT2D eigenvalue weighted by atomic mass is 32.2. The molecule has 1 aliphatic rings. The average molecular weight is 294 g/mol. The summed E-state index contributed by atoms with van der Waals surface area (Å²) in [6, 6.07) is 1.01. The maximum Gasteiger partial charge on any atom is 0.253 e. The lowest BCUT2D eigenvalue weighted by Crippen LogP contribution is -2.28. The van der Waals surface area contributed by atoms with Crippen LogP contribution in [0, 0.1) is 0 Å². The minimum absolute atomic E-state index is 0.0389. The van der Waals surface area contributed by atoms with E-state index < -0.39 is 31.2 Å². The standard InChI is InChI=1S/C9H14N2O5S2/c1-5-3-6(12)9-7(17(5,13)14)4-8(11(9)2)18(10,15)16/h4-6,12H,3H2,1-2H3,(H2,10,15,16). The molecule has 0 bridgehead atoms. The van der Waals surface area contributed by atoms with Crippen molar-refractivity contribution in [2.75, 3.05) is 0 Å². The SMILES string of the molecule is CC1CC(O)c2c(cc(S(N)(=O)=O)n2C)S1(=O)=O. The van der Waals surface area contributed by atoms with Crippen LogP contribution in [0.25, 0.3) is 0 Å². The second-order valence-electron chi connectivity index (χ2n) is 4.44. The summed E-state index contributed by atoms with van der Waals surface area (Å²) < 4.78 is 48.0. The topological polar surface area (TPSA) is 119 Å². The summed E-state index contributed by atoms with van der Waals surface area (Å²) in [7, 11) is -6.28. The first-order valence-electron chi connectivity index (χ1n) is 5.21. The molecule has 0 amide bonds. The molecule has 1 aromatic heterocycles. The molecule has 0 aliphatic carbocycles.